The van der Waals surface area contributed by atoms with Crippen LogP contribution in [0.1, 0.15) is 22.3 Å². The first kappa shape index (κ1) is 11.0. The molecule has 0 aromatic heterocycles. The van der Waals surface area contributed by atoms with E-state index in [1.165, 1.54) is 5.56 Å². The van der Waals surface area contributed by atoms with E-state index in [0.717, 1.165) is 16.7 Å². The number of rotatable bonds is 3. The van der Waals surface area contributed by atoms with Crippen LogP contribution in [0.3, 0.4) is 0 Å². The van der Waals surface area contributed by atoms with Crippen LogP contribution in [0.5, 0.6) is 0 Å². The third kappa shape index (κ3) is 2.46. The predicted octanol–water partition coefficient (Wildman–Crippen LogP) is 3.25. The Morgan fingerprint density at radius 2 is 2.14 bits per heavy atom. The monoisotopic (exact) mass is 208 g/mol. The maximum atomic E-state index is 10.8. The molecule has 0 fully saturated rings. The van der Waals surface area contributed by atoms with E-state index in [4.69, 9.17) is 11.6 Å². The van der Waals surface area contributed by atoms with E-state index >= 15 is 0 Å². The minimum Gasteiger partial charge on any atom is -0.281 e. The van der Waals surface area contributed by atoms with Crippen molar-refractivity contribution in [1.29, 1.82) is 0 Å². The molecule has 0 bridgehead atoms. The van der Waals surface area contributed by atoms with Gasteiger partial charge in [0.25, 0.3) is 0 Å². The summed E-state index contributed by atoms with van der Waals surface area (Å²) in [7, 11) is 0. The van der Waals surface area contributed by atoms with E-state index in [1.54, 1.807) is 6.08 Å². The Morgan fingerprint density at radius 1 is 1.50 bits per heavy atom. The van der Waals surface area contributed by atoms with Gasteiger partial charge in [-0.15, -0.1) is 0 Å². The Balaban J connectivity index is 3.24. The highest BCUT2D eigenvalue weighted by molar-refractivity contribution is 6.63. The fourth-order valence-corrected chi connectivity index (χ4v) is 1.73. The molecule has 0 spiro atoms. The molecule has 0 saturated heterocycles. The van der Waals surface area contributed by atoms with Gasteiger partial charge < -0.3 is 0 Å². The molecule has 1 aromatic carbocycles. The van der Waals surface area contributed by atoms with E-state index in [9.17, 15) is 4.79 Å². The molecule has 74 valence electrons. The molecule has 0 radical (unpaired) electrons. The van der Waals surface area contributed by atoms with Crippen molar-refractivity contribution in [1.82, 2.24) is 0 Å². The molecule has 0 saturated carbocycles. The molecule has 0 heterocycles. The van der Waals surface area contributed by atoms with Gasteiger partial charge in [-0.2, -0.15) is 0 Å². The average Bonchev–Trinajstić information content (AvgIpc) is 2.08. The molecular weight excluding hydrogens is 196 g/mol. The van der Waals surface area contributed by atoms with Crippen LogP contribution in [-0.4, -0.2) is 5.24 Å². The summed E-state index contributed by atoms with van der Waals surface area (Å²) < 4.78 is 0. The fourth-order valence-electron chi connectivity index (χ4n) is 1.59. The summed E-state index contributed by atoms with van der Waals surface area (Å²) in [6.45, 7) is 7.73. The van der Waals surface area contributed by atoms with Crippen molar-refractivity contribution in [2.75, 3.05) is 0 Å². The maximum absolute atomic E-state index is 10.8. The van der Waals surface area contributed by atoms with Crippen molar-refractivity contribution in [2.45, 2.75) is 20.3 Å². The van der Waals surface area contributed by atoms with Crippen molar-refractivity contribution in [3.05, 3.63) is 41.0 Å². The van der Waals surface area contributed by atoms with Gasteiger partial charge in [-0.05, 0) is 42.1 Å². The van der Waals surface area contributed by atoms with Crippen LogP contribution in [0.4, 0.5) is 0 Å². The van der Waals surface area contributed by atoms with Crippen molar-refractivity contribution in [3.63, 3.8) is 0 Å². The number of hydrogen-bond donors (Lipinski definition) is 0. The summed E-state index contributed by atoms with van der Waals surface area (Å²) in [5.41, 5.74) is 4.24. The van der Waals surface area contributed by atoms with Gasteiger partial charge in [0.15, 0.2) is 0 Å². The second-order valence-electron chi connectivity index (χ2n) is 3.39. The predicted molar refractivity (Wildman–Crippen MR) is 60.6 cm³/mol. The number of aryl methyl sites for hydroxylation is 2. The zero-order chi connectivity index (χ0) is 10.7. The van der Waals surface area contributed by atoms with Gasteiger partial charge in [0.05, 0.1) is 0 Å². The Bertz CT molecular complexity index is 380. The summed E-state index contributed by atoms with van der Waals surface area (Å²) in [6.07, 6.45) is 2.03. The summed E-state index contributed by atoms with van der Waals surface area (Å²) in [5.74, 6) is 0. The van der Waals surface area contributed by atoms with Gasteiger partial charge in [0.1, 0.15) is 0 Å². The lowest BCUT2D eigenvalue weighted by molar-refractivity contribution is -0.111. The largest absolute Gasteiger partial charge is 0.281 e. The summed E-state index contributed by atoms with van der Waals surface area (Å²) >= 11 is 5.38. The highest BCUT2D eigenvalue weighted by Gasteiger charge is 2.07. The van der Waals surface area contributed by atoms with Gasteiger partial charge in [0, 0.05) is 6.42 Å². The van der Waals surface area contributed by atoms with Gasteiger partial charge in [-0.25, -0.2) is 0 Å². The quantitative estimate of drug-likeness (QED) is 0.697. The van der Waals surface area contributed by atoms with Crippen molar-refractivity contribution in [2.24, 2.45) is 0 Å². The zero-order valence-electron chi connectivity index (χ0n) is 8.43. The molecule has 1 aromatic rings. The average molecular weight is 209 g/mol. The number of carbonyl (C=O) groups is 1. The number of hydrogen-bond acceptors (Lipinski definition) is 1. The Labute approximate surface area is 89.4 Å². The molecule has 1 nitrogen and oxygen atoms in total. The summed E-state index contributed by atoms with van der Waals surface area (Å²) in [5, 5.41) is -0.333. The third-order valence-electron chi connectivity index (χ3n) is 2.19. The van der Waals surface area contributed by atoms with E-state index in [2.05, 4.69) is 6.58 Å². The molecule has 14 heavy (non-hydrogen) atoms. The first-order valence-corrected chi connectivity index (χ1v) is 4.83. The zero-order valence-corrected chi connectivity index (χ0v) is 9.19. The van der Waals surface area contributed by atoms with Crippen LogP contribution in [0.15, 0.2) is 18.7 Å². The van der Waals surface area contributed by atoms with Crippen LogP contribution in [0, 0.1) is 13.8 Å². The van der Waals surface area contributed by atoms with E-state index in [-0.39, 0.29) is 11.7 Å². The van der Waals surface area contributed by atoms with Gasteiger partial charge in [0.2, 0.25) is 5.24 Å². The van der Waals surface area contributed by atoms with Crippen LogP contribution in [0.2, 0.25) is 0 Å². The lowest BCUT2D eigenvalue weighted by atomic mass is 9.97. The van der Waals surface area contributed by atoms with Crippen LogP contribution < -0.4 is 0 Å². The molecule has 1 rings (SSSR count). The molecule has 0 amide bonds. The highest BCUT2D eigenvalue weighted by Crippen LogP contribution is 2.19. The van der Waals surface area contributed by atoms with Crippen molar-refractivity contribution >= 4 is 22.9 Å². The van der Waals surface area contributed by atoms with Crippen molar-refractivity contribution in [3.8, 4) is 0 Å². The van der Waals surface area contributed by atoms with Gasteiger partial charge in [-0.1, -0.05) is 30.4 Å². The smallest absolute Gasteiger partial charge is 0.226 e. The molecule has 0 atom stereocenters. The summed E-state index contributed by atoms with van der Waals surface area (Å²) in [4.78, 5) is 10.8. The molecule has 0 aliphatic carbocycles. The lowest BCUT2D eigenvalue weighted by Gasteiger charge is -2.09. The maximum Gasteiger partial charge on any atom is 0.226 e. The first-order chi connectivity index (χ1) is 6.54. The number of benzene rings is 1. The second-order valence-corrected chi connectivity index (χ2v) is 3.81. The Kier molecular flexibility index (Phi) is 3.48. The molecule has 2 heteroatoms. The standard InChI is InChI=1S/C12H13ClO/c1-4-10-6-8(2)5-9(3)11(10)7-12(13)14/h4-6H,1,7H2,2-3H3. The molecule has 0 aliphatic heterocycles. The molecular formula is C12H13ClO. The van der Waals surface area contributed by atoms with Crippen LogP contribution >= 0.6 is 11.6 Å². The van der Waals surface area contributed by atoms with E-state index in [0.29, 0.717) is 0 Å². The Morgan fingerprint density at radius 3 is 2.64 bits per heavy atom. The topological polar surface area (TPSA) is 17.1 Å². The molecule has 0 unspecified atom stereocenters. The van der Waals surface area contributed by atoms with Gasteiger partial charge in [-0.3, -0.25) is 4.79 Å². The van der Waals surface area contributed by atoms with E-state index < -0.39 is 0 Å². The van der Waals surface area contributed by atoms with Crippen molar-refractivity contribution < 1.29 is 4.79 Å². The van der Waals surface area contributed by atoms with Gasteiger partial charge >= 0.3 is 0 Å². The molecule has 0 N–H and O–H groups in total. The highest BCUT2D eigenvalue weighted by atomic mass is 35.5. The minimum absolute atomic E-state index is 0.273. The summed E-state index contributed by atoms with van der Waals surface area (Å²) in [6, 6.07) is 4.05. The lowest BCUT2D eigenvalue weighted by Crippen LogP contribution is -2.00. The second kappa shape index (κ2) is 4.43. The SMILES string of the molecule is C=Cc1cc(C)cc(C)c1CC(=O)Cl. The normalized spacial score (nSPS) is 9.93. The number of halogens is 1. The van der Waals surface area contributed by atoms with Crippen LogP contribution in [0.25, 0.3) is 6.08 Å². The minimum atomic E-state index is -0.333. The first-order valence-electron chi connectivity index (χ1n) is 4.45. The van der Waals surface area contributed by atoms with E-state index in [1.807, 2.05) is 26.0 Å². The number of carbonyl (C=O) groups excluding carboxylic acids is 1. The van der Waals surface area contributed by atoms with Crippen LogP contribution in [-0.2, 0) is 11.2 Å². The Hall–Kier alpha value is -1.08. The third-order valence-corrected chi connectivity index (χ3v) is 2.32. The molecule has 0 aliphatic rings. The fraction of sp³-hybridized carbons (Fsp3) is 0.250.